The molecule has 0 saturated heterocycles. The lowest BCUT2D eigenvalue weighted by atomic mass is 10.4. The molecule has 0 aromatic carbocycles. The van der Waals surface area contributed by atoms with Gasteiger partial charge in [-0.15, -0.1) is 0 Å². The molecule has 0 radical (unpaired) electrons. The molecule has 0 unspecified atom stereocenters. The number of allylic oxidation sites excluding steroid dienone is 3. The fourth-order valence-electron chi connectivity index (χ4n) is 0.699. The van der Waals surface area contributed by atoms with Gasteiger partial charge in [-0.2, -0.15) is 0 Å². The molecule has 13 heavy (non-hydrogen) atoms. The van der Waals surface area contributed by atoms with Crippen LogP contribution in [-0.2, 0) is 4.79 Å². The highest BCUT2D eigenvalue weighted by Gasteiger charge is 1.98. The molecule has 0 aliphatic rings. The molecule has 4 nitrogen and oxygen atoms in total. The molecule has 0 fully saturated rings. The van der Waals surface area contributed by atoms with Crippen molar-refractivity contribution in [2.45, 2.75) is 6.92 Å². The molecule has 0 aliphatic carbocycles. The van der Waals surface area contributed by atoms with Gasteiger partial charge in [-0.3, -0.25) is 4.79 Å². The highest BCUT2D eigenvalue weighted by Crippen LogP contribution is 2.00. The van der Waals surface area contributed by atoms with Crippen molar-refractivity contribution in [1.29, 1.82) is 0 Å². The SMILES string of the molecule is C/C=C/C=C/C(=O)Nc1ccon1. The van der Waals surface area contributed by atoms with Crippen LogP contribution < -0.4 is 5.32 Å². The summed E-state index contributed by atoms with van der Waals surface area (Å²) < 4.78 is 4.54. The molecule has 1 aromatic heterocycles. The Morgan fingerprint density at radius 3 is 3.08 bits per heavy atom. The first-order valence-electron chi connectivity index (χ1n) is 3.83. The summed E-state index contributed by atoms with van der Waals surface area (Å²) in [6, 6.07) is 1.57. The lowest BCUT2D eigenvalue weighted by molar-refractivity contribution is -0.111. The van der Waals surface area contributed by atoms with Crippen molar-refractivity contribution >= 4 is 11.7 Å². The maximum Gasteiger partial charge on any atom is 0.249 e. The van der Waals surface area contributed by atoms with Gasteiger partial charge in [-0.25, -0.2) is 0 Å². The number of nitrogens with zero attached hydrogens (tertiary/aromatic N) is 1. The number of hydrogen-bond donors (Lipinski definition) is 1. The average molecular weight is 178 g/mol. The van der Waals surface area contributed by atoms with Crippen LogP contribution in [0.2, 0.25) is 0 Å². The third kappa shape index (κ3) is 3.37. The zero-order valence-corrected chi connectivity index (χ0v) is 7.23. The van der Waals surface area contributed by atoms with Crippen LogP contribution in [0.5, 0.6) is 0 Å². The molecule has 0 saturated carbocycles. The number of aromatic nitrogens is 1. The van der Waals surface area contributed by atoms with Crippen LogP contribution in [0.1, 0.15) is 6.92 Å². The number of carbonyl (C=O) groups excluding carboxylic acids is 1. The third-order valence-corrected chi connectivity index (χ3v) is 1.24. The quantitative estimate of drug-likeness (QED) is 0.566. The van der Waals surface area contributed by atoms with E-state index in [0.29, 0.717) is 5.82 Å². The van der Waals surface area contributed by atoms with Crippen molar-refractivity contribution < 1.29 is 9.32 Å². The first kappa shape index (κ1) is 9.25. The number of hydrogen-bond acceptors (Lipinski definition) is 3. The minimum Gasteiger partial charge on any atom is -0.363 e. The van der Waals surface area contributed by atoms with Gasteiger partial charge in [-0.05, 0) is 6.92 Å². The second-order valence-electron chi connectivity index (χ2n) is 2.26. The molecule has 1 aromatic rings. The van der Waals surface area contributed by atoms with E-state index in [1.54, 1.807) is 18.2 Å². The van der Waals surface area contributed by atoms with E-state index in [2.05, 4.69) is 15.0 Å². The smallest absolute Gasteiger partial charge is 0.249 e. The normalized spacial score (nSPS) is 11.2. The minimum atomic E-state index is -0.230. The van der Waals surface area contributed by atoms with Gasteiger partial charge in [0.15, 0.2) is 5.82 Å². The Morgan fingerprint density at radius 2 is 2.46 bits per heavy atom. The van der Waals surface area contributed by atoms with Crippen molar-refractivity contribution in [1.82, 2.24) is 5.16 Å². The summed E-state index contributed by atoms with van der Waals surface area (Å²) in [6.45, 7) is 1.87. The summed E-state index contributed by atoms with van der Waals surface area (Å²) >= 11 is 0. The van der Waals surface area contributed by atoms with Crippen LogP contribution in [0.3, 0.4) is 0 Å². The maximum atomic E-state index is 11.1. The van der Waals surface area contributed by atoms with Crippen LogP contribution in [0, 0.1) is 0 Å². The summed E-state index contributed by atoms with van der Waals surface area (Å²) in [7, 11) is 0. The Labute approximate surface area is 75.9 Å². The molecule has 68 valence electrons. The van der Waals surface area contributed by atoms with E-state index >= 15 is 0 Å². The molecular formula is C9H10N2O2. The first-order valence-corrected chi connectivity index (χ1v) is 3.83. The van der Waals surface area contributed by atoms with Gasteiger partial charge in [0.1, 0.15) is 6.26 Å². The van der Waals surface area contributed by atoms with Crippen molar-refractivity contribution in [3.63, 3.8) is 0 Å². The number of carbonyl (C=O) groups is 1. The zero-order valence-electron chi connectivity index (χ0n) is 7.23. The van der Waals surface area contributed by atoms with Gasteiger partial charge >= 0.3 is 0 Å². The van der Waals surface area contributed by atoms with Gasteiger partial charge in [0.25, 0.3) is 0 Å². The largest absolute Gasteiger partial charge is 0.363 e. The van der Waals surface area contributed by atoms with E-state index in [0.717, 1.165) is 0 Å². The van der Waals surface area contributed by atoms with E-state index in [9.17, 15) is 4.79 Å². The lowest BCUT2D eigenvalue weighted by Gasteiger charge is -1.92. The standard InChI is InChI=1S/C9H10N2O2/c1-2-3-4-5-9(12)10-8-6-7-13-11-8/h2-7H,1H3,(H,10,11,12)/b3-2+,5-4+. The van der Waals surface area contributed by atoms with Crippen LogP contribution in [0.4, 0.5) is 5.82 Å². The predicted molar refractivity (Wildman–Crippen MR) is 49.1 cm³/mol. The molecule has 0 atom stereocenters. The average Bonchev–Trinajstić information content (AvgIpc) is 2.57. The highest BCUT2D eigenvalue weighted by molar-refractivity contribution is 5.98. The molecule has 0 spiro atoms. The summed E-state index contributed by atoms with van der Waals surface area (Å²) in [5, 5.41) is 6.04. The van der Waals surface area contributed by atoms with Gasteiger partial charge in [-0.1, -0.05) is 23.4 Å². The van der Waals surface area contributed by atoms with Gasteiger partial charge < -0.3 is 9.84 Å². The van der Waals surface area contributed by atoms with Gasteiger partial charge in [0, 0.05) is 12.1 Å². The molecule has 0 bridgehead atoms. The Bertz CT molecular complexity index is 312. The van der Waals surface area contributed by atoms with Crippen molar-refractivity contribution in [2.75, 3.05) is 5.32 Å². The van der Waals surface area contributed by atoms with Gasteiger partial charge in [0.05, 0.1) is 0 Å². The molecule has 0 aliphatic heterocycles. The number of nitrogens with one attached hydrogen (secondary N) is 1. The number of rotatable bonds is 3. The Kier molecular flexibility index (Phi) is 3.50. The molecule has 1 amide bonds. The fourth-order valence-corrected chi connectivity index (χ4v) is 0.699. The zero-order chi connectivity index (χ0) is 9.52. The predicted octanol–water partition coefficient (Wildman–Crippen LogP) is 1.75. The van der Waals surface area contributed by atoms with Crippen molar-refractivity contribution in [3.05, 3.63) is 36.6 Å². The monoisotopic (exact) mass is 178 g/mol. The van der Waals surface area contributed by atoms with E-state index in [4.69, 9.17) is 0 Å². The Balaban J connectivity index is 2.42. The van der Waals surface area contributed by atoms with E-state index in [-0.39, 0.29) is 5.91 Å². The van der Waals surface area contributed by atoms with Crippen LogP contribution in [0.25, 0.3) is 0 Å². The molecule has 4 heteroatoms. The maximum absolute atomic E-state index is 11.1. The molecule has 1 rings (SSSR count). The fraction of sp³-hybridized carbons (Fsp3) is 0.111. The second kappa shape index (κ2) is 4.92. The summed E-state index contributed by atoms with van der Waals surface area (Å²) in [4.78, 5) is 11.1. The highest BCUT2D eigenvalue weighted by atomic mass is 16.5. The van der Waals surface area contributed by atoms with Crippen LogP contribution >= 0.6 is 0 Å². The first-order chi connectivity index (χ1) is 6.33. The van der Waals surface area contributed by atoms with Crippen LogP contribution in [-0.4, -0.2) is 11.1 Å². The number of amides is 1. The van der Waals surface area contributed by atoms with E-state index in [1.165, 1.54) is 12.3 Å². The number of anilines is 1. The van der Waals surface area contributed by atoms with Crippen LogP contribution in [0.15, 0.2) is 41.2 Å². The van der Waals surface area contributed by atoms with E-state index in [1.807, 2.05) is 13.0 Å². The summed E-state index contributed by atoms with van der Waals surface area (Å²) in [5.74, 6) is 0.183. The molecular weight excluding hydrogens is 168 g/mol. The second-order valence-corrected chi connectivity index (χ2v) is 2.26. The van der Waals surface area contributed by atoms with Crippen molar-refractivity contribution in [3.8, 4) is 0 Å². The molecule has 1 heterocycles. The van der Waals surface area contributed by atoms with Crippen molar-refractivity contribution in [2.24, 2.45) is 0 Å². The Hall–Kier alpha value is -1.84. The summed E-state index contributed by atoms with van der Waals surface area (Å²) in [6.07, 6.45) is 8.05. The third-order valence-electron chi connectivity index (χ3n) is 1.24. The topological polar surface area (TPSA) is 55.1 Å². The lowest BCUT2D eigenvalue weighted by Crippen LogP contribution is -2.07. The minimum absolute atomic E-state index is 0.230. The van der Waals surface area contributed by atoms with Gasteiger partial charge in [0.2, 0.25) is 5.91 Å². The Morgan fingerprint density at radius 1 is 1.62 bits per heavy atom. The van der Waals surface area contributed by atoms with E-state index < -0.39 is 0 Å². The molecule has 1 N–H and O–H groups in total. The summed E-state index contributed by atoms with van der Waals surface area (Å²) in [5.41, 5.74) is 0.